The fourth-order valence-electron chi connectivity index (χ4n) is 1.59. The molecule has 0 aliphatic heterocycles. The molecule has 3 N–H and O–H groups in total. The lowest BCUT2D eigenvalue weighted by Gasteiger charge is -2.28. The second-order valence-corrected chi connectivity index (χ2v) is 4.10. The molecule has 1 rings (SSSR count). The van der Waals surface area contributed by atoms with Crippen molar-refractivity contribution in [2.24, 2.45) is 5.73 Å². The van der Waals surface area contributed by atoms with Crippen molar-refractivity contribution in [2.75, 3.05) is 25.2 Å². The van der Waals surface area contributed by atoms with Crippen molar-refractivity contribution in [3.63, 3.8) is 0 Å². The Kier molecular flexibility index (Phi) is 4.90. The van der Waals surface area contributed by atoms with E-state index >= 15 is 0 Å². The first-order valence-corrected chi connectivity index (χ1v) is 5.62. The first kappa shape index (κ1) is 13.4. The molecule has 94 valence electrons. The largest absolute Gasteiger partial charge is 0.383 e. The minimum atomic E-state index is -0.00969. The van der Waals surface area contributed by atoms with Crippen LogP contribution in [0.2, 0.25) is 0 Å². The summed E-state index contributed by atoms with van der Waals surface area (Å²) in [6.45, 7) is 5.73. The predicted molar refractivity (Wildman–Crippen MR) is 69.6 cm³/mol. The van der Waals surface area contributed by atoms with Crippen LogP contribution in [0.4, 0.5) is 5.69 Å². The highest BCUT2D eigenvalue weighted by atomic mass is 16.5. The van der Waals surface area contributed by atoms with Crippen LogP contribution in [-0.2, 0) is 4.74 Å². The monoisotopic (exact) mass is 236 g/mol. The Hall–Kier alpha value is -1.62. The summed E-state index contributed by atoms with van der Waals surface area (Å²) in [5.41, 5.74) is 6.89. The molecule has 5 heteroatoms. The maximum absolute atomic E-state index is 7.29. The van der Waals surface area contributed by atoms with Crippen molar-refractivity contribution >= 4 is 11.5 Å². The maximum atomic E-state index is 7.29. The molecule has 0 saturated heterocycles. The highest BCUT2D eigenvalue weighted by Gasteiger charge is 2.10. The van der Waals surface area contributed by atoms with Crippen LogP contribution in [0.3, 0.4) is 0 Å². The molecule has 1 heterocycles. The standard InChI is InChI=1S/C12H20N4O/c1-9(2)16(6-7-17-3)10-4-5-11(12(13)14)15-8-10/h4-5,8-9H,6-7H2,1-3H3,(H3,13,14). The van der Waals surface area contributed by atoms with Crippen molar-refractivity contribution in [1.29, 1.82) is 5.41 Å². The fourth-order valence-corrected chi connectivity index (χ4v) is 1.59. The van der Waals surface area contributed by atoms with Gasteiger partial charge in [-0.15, -0.1) is 0 Å². The van der Waals surface area contributed by atoms with Crippen LogP contribution in [0.15, 0.2) is 18.3 Å². The van der Waals surface area contributed by atoms with Gasteiger partial charge in [-0.1, -0.05) is 0 Å². The van der Waals surface area contributed by atoms with Crippen molar-refractivity contribution in [2.45, 2.75) is 19.9 Å². The van der Waals surface area contributed by atoms with Gasteiger partial charge < -0.3 is 15.4 Å². The highest BCUT2D eigenvalue weighted by Crippen LogP contribution is 2.15. The molecule has 5 nitrogen and oxygen atoms in total. The Labute approximate surface area is 102 Å². The normalized spacial score (nSPS) is 10.6. The Morgan fingerprint density at radius 1 is 1.53 bits per heavy atom. The fraction of sp³-hybridized carbons (Fsp3) is 0.500. The second-order valence-electron chi connectivity index (χ2n) is 4.10. The van der Waals surface area contributed by atoms with Gasteiger partial charge in [-0.25, -0.2) is 0 Å². The van der Waals surface area contributed by atoms with Crippen LogP contribution in [0, 0.1) is 5.41 Å². The summed E-state index contributed by atoms with van der Waals surface area (Å²) in [5, 5.41) is 7.29. The lowest BCUT2D eigenvalue weighted by Crippen LogP contribution is -2.34. The summed E-state index contributed by atoms with van der Waals surface area (Å²) in [6.07, 6.45) is 1.74. The van der Waals surface area contributed by atoms with Crippen LogP contribution in [0.5, 0.6) is 0 Å². The molecule has 0 aliphatic rings. The van der Waals surface area contributed by atoms with E-state index in [-0.39, 0.29) is 5.84 Å². The number of ether oxygens (including phenoxy) is 1. The van der Waals surface area contributed by atoms with Crippen LogP contribution >= 0.6 is 0 Å². The summed E-state index contributed by atoms with van der Waals surface area (Å²) in [7, 11) is 1.69. The lowest BCUT2D eigenvalue weighted by atomic mass is 10.2. The number of amidine groups is 1. The molecule has 0 saturated carbocycles. The number of nitrogens with two attached hydrogens (primary N) is 1. The number of pyridine rings is 1. The highest BCUT2D eigenvalue weighted by molar-refractivity contribution is 5.93. The zero-order valence-electron chi connectivity index (χ0n) is 10.6. The Balaban J connectivity index is 2.83. The minimum absolute atomic E-state index is 0.00969. The molecule has 0 aliphatic carbocycles. The van der Waals surface area contributed by atoms with Gasteiger partial charge >= 0.3 is 0 Å². The number of hydrogen-bond donors (Lipinski definition) is 2. The third-order valence-electron chi connectivity index (χ3n) is 2.52. The van der Waals surface area contributed by atoms with Crippen molar-refractivity contribution in [3.05, 3.63) is 24.0 Å². The molecule has 0 unspecified atom stereocenters. The Morgan fingerprint density at radius 3 is 2.65 bits per heavy atom. The molecule has 1 aromatic heterocycles. The molecule has 0 aromatic carbocycles. The van der Waals surface area contributed by atoms with Crippen molar-refractivity contribution in [1.82, 2.24) is 4.98 Å². The first-order chi connectivity index (χ1) is 8.06. The number of hydrogen-bond acceptors (Lipinski definition) is 4. The zero-order valence-corrected chi connectivity index (χ0v) is 10.6. The topological polar surface area (TPSA) is 75.2 Å². The van der Waals surface area contributed by atoms with Crippen LogP contribution in [-0.4, -0.2) is 37.1 Å². The quantitative estimate of drug-likeness (QED) is 0.575. The SMILES string of the molecule is COCCN(c1ccc(C(=N)N)nc1)C(C)C. The van der Waals surface area contributed by atoms with Crippen molar-refractivity contribution in [3.8, 4) is 0 Å². The van der Waals surface area contributed by atoms with E-state index in [4.69, 9.17) is 15.9 Å². The summed E-state index contributed by atoms with van der Waals surface area (Å²) in [5.74, 6) is -0.00969. The van der Waals surface area contributed by atoms with E-state index in [1.807, 2.05) is 6.07 Å². The minimum Gasteiger partial charge on any atom is -0.383 e. The van der Waals surface area contributed by atoms with Crippen LogP contribution in [0.25, 0.3) is 0 Å². The molecule has 17 heavy (non-hydrogen) atoms. The lowest BCUT2D eigenvalue weighted by molar-refractivity contribution is 0.204. The van der Waals surface area contributed by atoms with Gasteiger partial charge in [0, 0.05) is 19.7 Å². The summed E-state index contributed by atoms with van der Waals surface area (Å²) >= 11 is 0. The number of nitrogen functional groups attached to an aromatic ring is 1. The van der Waals surface area contributed by atoms with E-state index in [1.54, 1.807) is 19.4 Å². The zero-order chi connectivity index (χ0) is 12.8. The molecule has 1 aromatic rings. The average molecular weight is 236 g/mol. The first-order valence-electron chi connectivity index (χ1n) is 5.62. The molecule has 0 radical (unpaired) electrons. The molecular weight excluding hydrogens is 216 g/mol. The number of aromatic nitrogens is 1. The van der Waals surface area contributed by atoms with E-state index in [2.05, 4.69) is 23.7 Å². The number of nitrogens with zero attached hydrogens (tertiary/aromatic N) is 2. The molecule has 0 spiro atoms. The molecule has 0 bridgehead atoms. The van der Waals surface area contributed by atoms with E-state index in [9.17, 15) is 0 Å². The van der Waals surface area contributed by atoms with Gasteiger partial charge in [-0.2, -0.15) is 0 Å². The molecular formula is C12H20N4O. The summed E-state index contributed by atoms with van der Waals surface area (Å²) in [4.78, 5) is 6.35. The van der Waals surface area contributed by atoms with Crippen LogP contribution < -0.4 is 10.6 Å². The molecule has 0 atom stereocenters. The van der Waals surface area contributed by atoms with Gasteiger partial charge in [0.25, 0.3) is 0 Å². The Morgan fingerprint density at radius 2 is 2.24 bits per heavy atom. The maximum Gasteiger partial charge on any atom is 0.141 e. The van der Waals surface area contributed by atoms with Gasteiger partial charge in [-0.05, 0) is 26.0 Å². The third kappa shape index (κ3) is 3.71. The Bertz CT molecular complexity index is 361. The third-order valence-corrected chi connectivity index (χ3v) is 2.52. The van der Waals surface area contributed by atoms with Gasteiger partial charge in [0.05, 0.1) is 18.5 Å². The van der Waals surface area contributed by atoms with E-state index in [0.717, 1.165) is 12.2 Å². The van der Waals surface area contributed by atoms with Gasteiger partial charge in [0.15, 0.2) is 0 Å². The average Bonchev–Trinajstić information content (AvgIpc) is 2.29. The number of nitrogens with one attached hydrogen (secondary N) is 1. The molecule has 0 fully saturated rings. The van der Waals surface area contributed by atoms with E-state index < -0.39 is 0 Å². The summed E-state index contributed by atoms with van der Waals surface area (Å²) < 4.78 is 5.09. The van der Waals surface area contributed by atoms with E-state index in [0.29, 0.717) is 18.3 Å². The summed E-state index contributed by atoms with van der Waals surface area (Å²) in [6, 6.07) is 4.06. The van der Waals surface area contributed by atoms with E-state index in [1.165, 1.54) is 0 Å². The number of rotatable bonds is 6. The van der Waals surface area contributed by atoms with Gasteiger partial charge in [-0.3, -0.25) is 10.4 Å². The number of anilines is 1. The number of methoxy groups -OCH3 is 1. The predicted octanol–water partition coefficient (Wildman–Crippen LogP) is 1.23. The molecule has 0 amide bonds. The van der Waals surface area contributed by atoms with Gasteiger partial charge in [0.1, 0.15) is 11.5 Å². The van der Waals surface area contributed by atoms with Gasteiger partial charge in [0.2, 0.25) is 0 Å². The van der Waals surface area contributed by atoms with Crippen LogP contribution in [0.1, 0.15) is 19.5 Å². The second kappa shape index (κ2) is 6.20. The van der Waals surface area contributed by atoms with Crippen molar-refractivity contribution < 1.29 is 4.74 Å². The smallest absolute Gasteiger partial charge is 0.141 e.